The monoisotopic (exact) mass is 204 g/mol. The maximum Gasteiger partial charge on any atom is 0.115 e. The van der Waals surface area contributed by atoms with Crippen LogP contribution in [0.5, 0.6) is 0 Å². The van der Waals surface area contributed by atoms with E-state index >= 15 is 0 Å². The Hall–Kier alpha value is -1.35. The van der Waals surface area contributed by atoms with Gasteiger partial charge >= 0.3 is 0 Å². The molecule has 2 nitrogen and oxygen atoms in total. The van der Waals surface area contributed by atoms with E-state index in [0.717, 1.165) is 10.7 Å². The van der Waals surface area contributed by atoms with E-state index in [-0.39, 0.29) is 6.04 Å². The van der Waals surface area contributed by atoms with Crippen molar-refractivity contribution in [2.75, 3.05) is 5.32 Å². The van der Waals surface area contributed by atoms with Crippen LogP contribution in [0.1, 0.15) is 18.0 Å². The molecule has 0 saturated carbocycles. The molecule has 0 aliphatic rings. The second kappa shape index (κ2) is 4.24. The summed E-state index contributed by atoms with van der Waals surface area (Å²) in [5.74, 6) is 0. The van der Waals surface area contributed by atoms with E-state index in [1.165, 1.54) is 0 Å². The number of hydrogen-bond acceptors (Lipinski definition) is 3. The Kier molecular flexibility index (Phi) is 2.79. The van der Waals surface area contributed by atoms with Gasteiger partial charge in [-0.25, -0.2) is 4.98 Å². The van der Waals surface area contributed by atoms with Crippen molar-refractivity contribution in [3.05, 3.63) is 46.9 Å². The molecule has 0 aliphatic heterocycles. The minimum Gasteiger partial charge on any atom is -0.376 e. The minimum atomic E-state index is 0.275. The Bertz CT molecular complexity index is 369. The number of para-hydroxylation sites is 1. The second-order valence-corrected chi connectivity index (χ2v) is 4.03. The number of thiazole rings is 1. The normalized spacial score (nSPS) is 12.4. The van der Waals surface area contributed by atoms with Crippen molar-refractivity contribution in [2.45, 2.75) is 13.0 Å². The van der Waals surface area contributed by atoms with Gasteiger partial charge in [0.1, 0.15) is 5.01 Å². The molecule has 0 amide bonds. The third-order valence-corrected chi connectivity index (χ3v) is 2.94. The molecule has 1 atom stereocenters. The molecular weight excluding hydrogens is 192 g/mol. The number of aromatic nitrogens is 1. The van der Waals surface area contributed by atoms with Crippen LogP contribution < -0.4 is 5.32 Å². The summed E-state index contributed by atoms with van der Waals surface area (Å²) in [5.41, 5.74) is 1.13. The van der Waals surface area contributed by atoms with Crippen molar-refractivity contribution in [1.29, 1.82) is 0 Å². The Morgan fingerprint density at radius 3 is 2.71 bits per heavy atom. The average Bonchev–Trinajstić information content (AvgIpc) is 2.72. The topological polar surface area (TPSA) is 24.9 Å². The predicted octanol–water partition coefficient (Wildman–Crippen LogP) is 3.32. The molecule has 2 aromatic rings. The smallest absolute Gasteiger partial charge is 0.115 e. The van der Waals surface area contributed by atoms with Crippen LogP contribution in [0.25, 0.3) is 0 Å². The molecule has 1 heterocycles. The van der Waals surface area contributed by atoms with Gasteiger partial charge in [-0.05, 0) is 19.1 Å². The summed E-state index contributed by atoms with van der Waals surface area (Å²) < 4.78 is 0. The van der Waals surface area contributed by atoms with Crippen LogP contribution in [0.2, 0.25) is 0 Å². The number of anilines is 1. The molecule has 2 rings (SSSR count). The molecular formula is C11H12N2S. The van der Waals surface area contributed by atoms with Gasteiger partial charge in [-0.3, -0.25) is 0 Å². The fraction of sp³-hybridized carbons (Fsp3) is 0.182. The van der Waals surface area contributed by atoms with Crippen LogP contribution in [0.15, 0.2) is 41.9 Å². The Morgan fingerprint density at radius 2 is 2.07 bits per heavy atom. The van der Waals surface area contributed by atoms with Crippen molar-refractivity contribution in [2.24, 2.45) is 0 Å². The third-order valence-electron chi connectivity index (χ3n) is 1.98. The van der Waals surface area contributed by atoms with E-state index in [1.54, 1.807) is 11.3 Å². The largest absolute Gasteiger partial charge is 0.376 e. The quantitative estimate of drug-likeness (QED) is 0.829. The fourth-order valence-corrected chi connectivity index (χ4v) is 1.94. The predicted molar refractivity (Wildman–Crippen MR) is 60.6 cm³/mol. The lowest BCUT2D eigenvalue weighted by Gasteiger charge is -2.11. The van der Waals surface area contributed by atoms with Gasteiger partial charge in [0.25, 0.3) is 0 Å². The SMILES string of the molecule is C[C@@H](Nc1ccccc1)c1nccs1. The maximum atomic E-state index is 4.27. The summed E-state index contributed by atoms with van der Waals surface area (Å²) in [6.45, 7) is 2.12. The first kappa shape index (κ1) is 9.21. The summed E-state index contributed by atoms with van der Waals surface area (Å²) in [6, 6.07) is 10.5. The van der Waals surface area contributed by atoms with Crippen LogP contribution in [0.3, 0.4) is 0 Å². The molecule has 0 fully saturated rings. The van der Waals surface area contributed by atoms with Gasteiger partial charge in [-0.2, -0.15) is 0 Å². The van der Waals surface area contributed by atoms with Gasteiger partial charge in [0, 0.05) is 17.3 Å². The molecule has 1 aromatic heterocycles. The first-order chi connectivity index (χ1) is 6.86. The van der Waals surface area contributed by atoms with Gasteiger partial charge in [0.2, 0.25) is 0 Å². The molecule has 0 bridgehead atoms. The number of nitrogens with zero attached hydrogens (tertiary/aromatic N) is 1. The number of nitrogens with one attached hydrogen (secondary N) is 1. The third kappa shape index (κ3) is 2.12. The highest BCUT2D eigenvalue weighted by Crippen LogP contribution is 2.20. The van der Waals surface area contributed by atoms with E-state index < -0.39 is 0 Å². The Morgan fingerprint density at radius 1 is 1.29 bits per heavy atom. The number of hydrogen-bond donors (Lipinski definition) is 1. The zero-order chi connectivity index (χ0) is 9.80. The number of rotatable bonds is 3. The first-order valence-electron chi connectivity index (χ1n) is 4.57. The molecule has 72 valence electrons. The van der Waals surface area contributed by atoms with Crippen LogP contribution in [-0.2, 0) is 0 Å². The van der Waals surface area contributed by atoms with Gasteiger partial charge in [0.15, 0.2) is 0 Å². The Balaban J connectivity index is 2.06. The molecule has 0 spiro atoms. The minimum absolute atomic E-state index is 0.275. The van der Waals surface area contributed by atoms with Gasteiger partial charge < -0.3 is 5.32 Å². The summed E-state index contributed by atoms with van der Waals surface area (Å²) in [4.78, 5) is 4.27. The molecule has 0 aliphatic carbocycles. The van der Waals surface area contributed by atoms with Crippen LogP contribution in [-0.4, -0.2) is 4.98 Å². The first-order valence-corrected chi connectivity index (χ1v) is 5.45. The van der Waals surface area contributed by atoms with E-state index in [1.807, 2.05) is 29.8 Å². The van der Waals surface area contributed by atoms with Crippen LogP contribution >= 0.6 is 11.3 Å². The lowest BCUT2D eigenvalue weighted by Crippen LogP contribution is -2.05. The zero-order valence-electron chi connectivity index (χ0n) is 7.97. The highest BCUT2D eigenvalue weighted by atomic mass is 32.1. The van der Waals surface area contributed by atoms with Crippen molar-refractivity contribution in [1.82, 2.24) is 4.98 Å². The van der Waals surface area contributed by atoms with Crippen molar-refractivity contribution >= 4 is 17.0 Å². The zero-order valence-corrected chi connectivity index (χ0v) is 8.79. The Labute approximate surface area is 87.6 Å². The van der Waals surface area contributed by atoms with Gasteiger partial charge in [-0.1, -0.05) is 18.2 Å². The van der Waals surface area contributed by atoms with E-state index in [2.05, 4.69) is 29.4 Å². The molecule has 0 saturated heterocycles. The van der Waals surface area contributed by atoms with Crippen molar-refractivity contribution in [3.8, 4) is 0 Å². The van der Waals surface area contributed by atoms with Crippen LogP contribution in [0.4, 0.5) is 5.69 Å². The van der Waals surface area contributed by atoms with E-state index in [9.17, 15) is 0 Å². The molecule has 0 radical (unpaired) electrons. The van der Waals surface area contributed by atoms with Crippen LogP contribution in [0, 0.1) is 0 Å². The van der Waals surface area contributed by atoms with Crippen molar-refractivity contribution < 1.29 is 0 Å². The molecule has 1 aromatic carbocycles. The lowest BCUT2D eigenvalue weighted by molar-refractivity contribution is 0.870. The number of benzene rings is 1. The highest BCUT2D eigenvalue weighted by molar-refractivity contribution is 7.09. The fourth-order valence-electron chi connectivity index (χ4n) is 1.29. The van der Waals surface area contributed by atoms with Gasteiger partial charge in [-0.15, -0.1) is 11.3 Å². The second-order valence-electron chi connectivity index (χ2n) is 3.10. The molecule has 0 unspecified atom stereocenters. The maximum absolute atomic E-state index is 4.27. The average molecular weight is 204 g/mol. The summed E-state index contributed by atoms with van der Waals surface area (Å²) in [5, 5.41) is 6.51. The standard InChI is InChI=1S/C11H12N2S/c1-9(11-12-7-8-14-11)13-10-5-3-2-4-6-10/h2-9,13H,1H3/t9-/m1/s1. The molecule has 14 heavy (non-hydrogen) atoms. The summed E-state index contributed by atoms with van der Waals surface area (Å²) in [6.07, 6.45) is 1.84. The summed E-state index contributed by atoms with van der Waals surface area (Å²) >= 11 is 1.68. The lowest BCUT2D eigenvalue weighted by atomic mass is 10.3. The molecule has 3 heteroatoms. The van der Waals surface area contributed by atoms with Gasteiger partial charge in [0.05, 0.1) is 6.04 Å². The highest BCUT2D eigenvalue weighted by Gasteiger charge is 2.06. The van der Waals surface area contributed by atoms with E-state index in [0.29, 0.717) is 0 Å². The summed E-state index contributed by atoms with van der Waals surface area (Å²) in [7, 11) is 0. The van der Waals surface area contributed by atoms with E-state index in [4.69, 9.17) is 0 Å². The molecule has 1 N–H and O–H groups in total. The van der Waals surface area contributed by atoms with Crippen molar-refractivity contribution in [3.63, 3.8) is 0 Å².